The minimum atomic E-state index is -0.245. The quantitative estimate of drug-likeness (QED) is 0.750. The summed E-state index contributed by atoms with van der Waals surface area (Å²) in [6, 6.07) is 11.5. The number of aryl methyl sites for hydroxylation is 3. The van der Waals surface area contributed by atoms with Crippen LogP contribution in [0, 0.1) is 20.8 Å². The second kappa shape index (κ2) is 8.02. The SMILES string of the molecule is Cc1ccc(OCCNC(=O)Nc2ccc(C)c(Br)c2)c(C)c1. The maximum absolute atomic E-state index is 11.8. The molecule has 0 saturated heterocycles. The van der Waals surface area contributed by atoms with E-state index >= 15 is 0 Å². The number of benzene rings is 2. The Hall–Kier alpha value is -2.01. The minimum absolute atomic E-state index is 0.245. The predicted molar refractivity (Wildman–Crippen MR) is 97.3 cm³/mol. The van der Waals surface area contributed by atoms with Crippen molar-refractivity contribution in [3.8, 4) is 5.75 Å². The molecule has 0 aliphatic heterocycles. The average Bonchev–Trinajstić information content (AvgIpc) is 2.49. The fourth-order valence-corrected chi connectivity index (χ4v) is 2.51. The van der Waals surface area contributed by atoms with Crippen LogP contribution < -0.4 is 15.4 Å². The van der Waals surface area contributed by atoms with E-state index in [9.17, 15) is 4.79 Å². The molecule has 0 bridgehead atoms. The van der Waals surface area contributed by atoms with Crippen LogP contribution in [0.3, 0.4) is 0 Å². The van der Waals surface area contributed by atoms with E-state index in [0.717, 1.165) is 27.0 Å². The molecule has 0 unspecified atom stereocenters. The number of nitrogens with one attached hydrogen (secondary N) is 2. The molecule has 122 valence electrons. The van der Waals surface area contributed by atoms with Crippen LogP contribution in [0.25, 0.3) is 0 Å². The van der Waals surface area contributed by atoms with E-state index in [1.54, 1.807) is 0 Å². The van der Waals surface area contributed by atoms with E-state index in [1.165, 1.54) is 5.56 Å². The Morgan fingerprint density at radius 2 is 1.87 bits per heavy atom. The molecule has 2 N–H and O–H groups in total. The van der Waals surface area contributed by atoms with Gasteiger partial charge in [0.25, 0.3) is 0 Å². The molecule has 2 aromatic carbocycles. The molecule has 2 rings (SSSR count). The first-order valence-corrected chi connectivity index (χ1v) is 8.26. The molecule has 0 saturated carbocycles. The fraction of sp³-hybridized carbons (Fsp3) is 0.278. The van der Waals surface area contributed by atoms with Crippen molar-refractivity contribution < 1.29 is 9.53 Å². The molecule has 0 aliphatic rings. The van der Waals surface area contributed by atoms with Crippen molar-refractivity contribution in [1.29, 1.82) is 0 Å². The van der Waals surface area contributed by atoms with E-state index in [0.29, 0.717) is 13.2 Å². The van der Waals surface area contributed by atoms with E-state index in [-0.39, 0.29) is 6.03 Å². The van der Waals surface area contributed by atoms with Gasteiger partial charge < -0.3 is 15.4 Å². The van der Waals surface area contributed by atoms with Gasteiger partial charge in [0, 0.05) is 10.2 Å². The van der Waals surface area contributed by atoms with Crippen LogP contribution in [0.1, 0.15) is 16.7 Å². The number of halogens is 1. The van der Waals surface area contributed by atoms with Crippen LogP contribution in [0.4, 0.5) is 10.5 Å². The summed E-state index contributed by atoms with van der Waals surface area (Å²) in [7, 11) is 0. The average molecular weight is 377 g/mol. The first-order chi connectivity index (χ1) is 11.0. The molecule has 2 amide bonds. The summed E-state index contributed by atoms with van der Waals surface area (Å²) in [5.74, 6) is 0.847. The predicted octanol–water partition coefficient (Wildman–Crippen LogP) is 4.57. The van der Waals surface area contributed by atoms with Gasteiger partial charge in [-0.2, -0.15) is 0 Å². The smallest absolute Gasteiger partial charge is 0.319 e. The van der Waals surface area contributed by atoms with E-state index in [4.69, 9.17) is 4.74 Å². The highest BCUT2D eigenvalue weighted by Crippen LogP contribution is 2.20. The third kappa shape index (κ3) is 5.28. The van der Waals surface area contributed by atoms with Gasteiger partial charge >= 0.3 is 6.03 Å². The molecule has 0 spiro atoms. The van der Waals surface area contributed by atoms with Crippen molar-refractivity contribution in [2.24, 2.45) is 0 Å². The van der Waals surface area contributed by atoms with Gasteiger partial charge in [-0.05, 0) is 50.1 Å². The van der Waals surface area contributed by atoms with Gasteiger partial charge in [-0.15, -0.1) is 0 Å². The van der Waals surface area contributed by atoms with Crippen molar-refractivity contribution in [3.63, 3.8) is 0 Å². The summed E-state index contributed by atoms with van der Waals surface area (Å²) >= 11 is 3.45. The largest absolute Gasteiger partial charge is 0.491 e. The first-order valence-electron chi connectivity index (χ1n) is 7.47. The maximum Gasteiger partial charge on any atom is 0.319 e. The Balaban J connectivity index is 1.75. The molecule has 23 heavy (non-hydrogen) atoms. The summed E-state index contributed by atoms with van der Waals surface area (Å²) in [5.41, 5.74) is 4.17. The third-order valence-corrected chi connectivity index (χ3v) is 4.26. The minimum Gasteiger partial charge on any atom is -0.491 e. The fourth-order valence-electron chi connectivity index (χ4n) is 2.13. The van der Waals surface area contributed by atoms with Gasteiger partial charge in [0.15, 0.2) is 0 Å². The molecule has 2 aromatic rings. The Kier molecular flexibility index (Phi) is 6.04. The lowest BCUT2D eigenvalue weighted by atomic mass is 10.1. The molecule has 5 heteroatoms. The molecule has 0 heterocycles. The van der Waals surface area contributed by atoms with Crippen LogP contribution in [0.15, 0.2) is 40.9 Å². The van der Waals surface area contributed by atoms with Gasteiger partial charge in [-0.3, -0.25) is 0 Å². The Labute approximate surface area is 145 Å². The number of ether oxygens (including phenoxy) is 1. The van der Waals surface area contributed by atoms with Crippen LogP contribution in [-0.4, -0.2) is 19.2 Å². The topological polar surface area (TPSA) is 50.4 Å². The normalized spacial score (nSPS) is 10.3. The molecular weight excluding hydrogens is 356 g/mol. The van der Waals surface area contributed by atoms with Gasteiger partial charge in [0.2, 0.25) is 0 Å². The van der Waals surface area contributed by atoms with Crippen LogP contribution in [-0.2, 0) is 0 Å². The summed E-state index contributed by atoms with van der Waals surface area (Å²) < 4.78 is 6.64. The summed E-state index contributed by atoms with van der Waals surface area (Å²) in [4.78, 5) is 11.8. The van der Waals surface area contributed by atoms with Crippen molar-refractivity contribution in [2.75, 3.05) is 18.5 Å². The maximum atomic E-state index is 11.8. The molecule has 0 fully saturated rings. The molecule has 0 aromatic heterocycles. The lowest BCUT2D eigenvalue weighted by Gasteiger charge is -2.11. The number of hydrogen-bond donors (Lipinski definition) is 2. The molecular formula is C18H21BrN2O2. The molecule has 0 atom stereocenters. The Bertz CT molecular complexity index is 701. The number of carbonyl (C=O) groups is 1. The second-order valence-electron chi connectivity index (χ2n) is 5.46. The van der Waals surface area contributed by atoms with Crippen LogP contribution in [0.5, 0.6) is 5.75 Å². The lowest BCUT2D eigenvalue weighted by molar-refractivity contribution is 0.247. The molecule has 4 nitrogen and oxygen atoms in total. The summed E-state index contributed by atoms with van der Waals surface area (Å²) in [5, 5.41) is 5.57. The number of hydrogen-bond acceptors (Lipinski definition) is 2. The third-order valence-electron chi connectivity index (χ3n) is 3.41. The van der Waals surface area contributed by atoms with Crippen LogP contribution in [0.2, 0.25) is 0 Å². The van der Waals surface area contributed by atoms with E-state index < -0.39 is 0 Å². The summed E-state index contributed by atoms with van der Waals surface area (Å²) in [6.45, 7) is 6.92. The van der Waals surface area contributed by atoms with Crippen molar-refractivity contribution >= 4 is 27.6 Å². The van der Waals surface area contributed by atoms with Crippen molar-refractivity contribution in [3.05, 3.63) is 57.6 Å². The van der Waals surface area contributed by atoms with Gasteiger partial charge in [-0.1, -0.05) is 39.7 Å². The number of rotatable bonds is 5. The van der Waals surface area contributed by atoms with Crippen molar-refractivity contribution in [1.82, 2.24) is 5.32 Å². The lowest BCUT2D eigenvalue weighted by Crippen LogP contribution is -2.32. The van der Waals surface area contributed by atoms with Gasteiger partial charge in [0.05, 0.1) is 6.54 Å². The Morgan fingerprint density at radius 1 is 1.09 bits per heavy atom. The zero-order valence-corrected chi connectivity index (χ0v) is 15.2. The monoisotopic (exact) mass is 376 g/mol. The van der Waals surface area contributed by atoms with E-state index in [2.05, 4.69) is 32.6 Å². The van der Waals surface area contributed by atoms with Gasteiger partial charge in [0.1, 0.15) is 12.4 Å². The standard InChI is InChI=1S/C18H21BrN2O2/c1-12-4-7-17(14(3)10-12)23-9-8-20-18(22)21-15-6-5-13(2)16(19)11-15/h4-7,10-11H,8-9H2,1-3H3,(H2,20,21,22). The van der Waals surface area contributed by atoms with E-state index in [1.807, 2.05) is 51.1 Å². The van der Waals surface area contributed by atoms with Crippen molar-refractivity contribution in [2.45, 2.75) is 20.8 Å². The highest BCUT2D eigenvalue weighted by Gasteiger charge is 2.04. The number of urea groups is 1. The number of anilines is 1. The number of amides is 2. The summed E-state index contributed by atoms with van der Waals surface area (Å²) in [6.07, 6.45) is 0. The first kappa shape index (κ1) is 17.3. The molecule has 0 radical (unpaired) electrons. The van der Waals surface area contributed by atoms with Gasteiger partial charge in [-0.25, -0.2) is 4.79 Å². The highest BCUT2D eigenvalue weighted by molar-refractivity contribution is 9.10. The number of carbonyl (C=O) groups excluding carboxylic acids is 1. The second-order valence-corrected chi connectivity index (χ2v) is 6.32. The zero-order valence-electron chi connectivity index (χ0n) is 13.6. The highest BCUT2D eigenvalue weighted by atomic mass is 79.9. The molecule has 0 aliphatic carbocycles. The van der Waals surface area contributed by atoms with Crippen LogP contribution >= 0.6 is 15.9 Å². The zero-order chi connectivity index (χ0) is 16.8. The Morgan fingerprint density at radius 3 is 2.57 bits per heavy atom.